The van der Waals surface area contributed by atoms with E-state index in [1.807, 2.05) is 18.2 Å². The number of ether oxygens (including phenoxy) is 2. The van der Waals surface area contributed by atoms with Gasteiger partial charge in [0.2, 0.25) is 15.9 Å². The van der Waals surface area contributed by atoms with Crippen LogP contribution in [0.25, 0.3) is 11.1 Å². The zero-order chi connectivity index (χ0) is 23.0. The lowest BCUT2D eigenvalue weighted by Crippen LogP contribution is -2.54. The van der Waals surface area contributed by atoms with Crippen LogP contribution in [-0.4, -0.2) is 64.2 Å². The molecule has 9 nitrogen and oxygen atoms in total. The Labute approximate surface area is 186 Å². The van der Waals surface area contributed by atoms with Gasteiger partial charge in [0.25, 0.3) is 5.91 Å². The van der Waals surface area contributed by atoms with Gasteiger partial charge in [0.1, 0.15) is 17.5 Å². The Hall–Kier alpha value is -3.11. The first-order chi connectivity index (χ1) is 15.2. The third-order valence-electron chi connectivity index (χ3n) is 5.77. The molecule has 1 fully saturated rings. The van der Waals surface area contributed by atoms with Crippen molar-refractivity contribution < 1.29 is 27.5 Å². The summed E-state index contributed by atoms with van der Waals surface area (Å²) in [4.78, 5) is 27.8. The Morgan fingerprint density at radius 1 is 1.06 bits per heavy atom. The van der Waals surface area contributed by atoms with Crippen molar-refractivity contribution in [3.05, 3.63) is 42.0 Å². The molecule has 0 aliphatic carbocycles. The maximum Gasteiger partial charge on any atom is 0.256 e. The van der Waals surface area contributed by atoms with E-state index in [9.17, 15) is 18.0 Å². The summed E-state index contributed by atoms with van der Waals surface area (Å²) in [7, 11) is -0.275. The molecule has 0 unspecified atom stereocenters. The number of hydrogen-bond acceptors (Lipinski definition) is 6. The van der Waals surface area contributed by atoms with E-state index in [4.69, 9.17) is 9.47 Å². The number of nitrogens with one attached hydrogen (secondary N) is 2. The normalized spacial score (nSPS) is 20.7. The van der Waals surface area contributed by atoms with Gasteiger partial charge in [0, 0.05) is 24.2 Å². The average Bonchev–Trinajstić information content (AvgIpc) is 2.86. The molecule has 0 radical (unpaired) electrons. The van der Waals surface area contributed by atoms with Gasteiger partial charge in [-0.05, 0) is 42.7 Å². The minimum Gasteiger partial charge on any atom is -0.497 e. The predicted octanol–water partition coefficient (Wildman–Crippen LogP) is 1.85. The van der Waals surface area contributed by atoms with Crippen LogP contribution >= 0.6 is 0 Å². The van der Waals surface area contributed by atoms with Crippen molar-refractivity contribution in [2.75, 3.05) is 32.3 Å². The third-order valence-corrected chi connectivity index (χ3v) is 6.54. The molecule has 2 N–H and O–H groups in total. The second kappa shape index (κ2) is 8.44. The van der Waals surface area contributed by atoms with E-state index in [0.717, 1.165) is 17.4 Å². The molecule has 0 bridgehead atoms. The predicted molar refractivity (Wildman–Crippen MR) is 119 cm³/mol. The van der Waals surface area contributed by atoms with Crippen LogP contribution in [0.2, 0.25) is 0 Å². The molecule has 170 valence electrons. The minimum absolute atomic E-state index is 0.220. The molecule has 2 aliphatic heterocycles. The Bertz CT molecular complexity index is 1180. The van der Waals surface area contributed by atoms with E-state index in [2.05, 4.69) is 10.0 Å². The van der Waals surface area contributed by atoms with Crippen LogP contribution < -0.4 is 19.5 Å². The number of benzene rings is 2. The number of hydrogen-bond donors (Lipinski definition) is 2. The van der Waals surface area contributed by atoms with Gasteiger partial charge in [0.05, 0.1) is 31.7 Å². The summed E-state index contributed by atoms with van der Waals surface area (Å²) in [5.41, 5.74) is 2.36. The molecule has 2 aliphatic rings. The van der Waals surface area contributed by atoms with Gasteiger partial charge >= 0.3 is 0 Å². The van der Waals surface area contributed by atoms with Crippen LogP contribution in [0.5, 0.6) is 11.5 Å². The molecule has 2 atom stereocenters. The van der Waals surface area contributed by atoms with Crippen LogP contribution in [-0.2, 0) is 14.8 Å². The fourth-order valence-corrected chi connectivity index (χ4v) is 5.09. The summed E-state index contributed by atoms with van der Waals surface area (Å²) in [6.45, 7) is 0.277. The zero-order valence-corrected chi connectivity index (χ0v) is 18.9. The van der Waals surface area contributed by atoms with E-state index < -0.39 is 22.1 Å². The monoisotopic (exact) mass is 459 g/mol. The molecule has 32 heavy (non-hydrogen) atoms. The molecule has 10 heteroatoms. The number of sulfonamides is 1. The Kier molecular flexibility index (Phi) is 5.83. The number of methoxy groups -OCH3 is 2. The average molecular weight is 460 g/mol. The molecular formula is C22H25N3O6S. The minimum atomic E-state index is -3.41. The maximum absolute atomic E-state index is 13.4. The molecule has 0 aromatic heterocycles. The van der Waals surface area contributed by atoms with Crippen molar-refractivity contribution in [1.82, 2.24) is 9.62 Å². The summed E-state index contributed by atoms with van der Waals surface area (Å²) >= 11 is 0. The number of amides is 2. The molecule has 2 amide bonds. The van der Waals surface area contributed by atoms with E-state index in [-0.39, 0.29) is 24.8 Å². The van der Waals surface area contributed by atoms with Crippen LogP contribution in [0.4, 0.5) is 5.69 Å². The summed E-state index contributed by atoms with van der Waals surface area (Å²) < 4.78 is 36.5. The number of rotatable bonds is 5. The summed E-state index contributed by atoms with van der Waals surface area (Å²) in [5.74, 6) is 0.652. The zero-order valence-electron chi connectivity index (χ0n) is 18.0. The topological polar surface area (TPSA) is 114 Å². The first-order valence-corrected chi connectivity index (χ1v) is 12.0. The fourth-order valence-electron chi connectivity index (χ4n) is 4.27. The lowest BCUT2D eigenvalue weighted by molar-refractivity contribution is -0.121. The molecule has 4 rings (SSSR count). The number of carbonyl (C=O) groups excluding carboxylic acids is 2. The van der Waals surface area contributed by atoms with Crippen LogP contribution in [0.3, 0.4) is 0 Å². The molecule has 2 aromatic carbocycles. The summed E-state index contributed by atoms with van der Waals surface area (Å²) in [6.07, 6.45) is 1.74. The number of nitrogens with zero attached hydrogens (tertiary/aromatic N) is 1. The molecule has 0 saturated carbocycles. The van der Waals surface area contributed by atoms with Crippen molar-refractivity contribution in [1.29, 1.82) is 0 Å². The lowest BCUT2D eigenvalue weighted by Gasteiger charge is -2.37. The number of piperidine rings is 1. The van der Waals surface area contributed by atoms with Crippen molar-refractivity contribution >= 4 is 27.5 Å². The maximum atomic E-state index is 13.4. The van der Waals surface area contributed by atoms with E-state index in [1.54, 1.807) is 32.4 Å². The molecule has 2 heterocycles. The molecular weight excluding hydrogens is 434 g/mol. The standard InChI is InChI=1S/C22H25N3O6S/c1-30-15-5-6-16(20(12-15)31-2)13-4-7-18-17(10-13)22(27)25-9-8-14(24-32(3,28)29)11-19(25)21(26)23-18/h4-7,10,12,14,19,24H,8-9,11H2,1-3H3,(H,23,26)/t14-,19-/m0/s1. The SMILES string of the molecule is COc1ccc(-c2ccc3c(c2)C(=O)N2CC[C@H](NS(C)(=O)=O)C[C@H]2C(=O)N3)c(OC)c1. The summed E-state index contributed by atoms with van der Waals surface area (Å²) in [5, 5.41) is 2.83. The highest BCUT2D eigenvalue weighted by molar-refractivity contribution is 7.88. The van der Waals surface area contributed by atoms with Gasteiger partial charge in [-0.25, -0.2) is 13.1 Å². The Morgan fingerprint density at radius 3 is 2.53 bits per heavy atom. The fraction of sp³-hybridized carbons (Fsp3) is 0.364. The first kappa shape index (κ1) is 22.1. The number of anilines is 1. The number of fused-ring (bicyclic) bond motifs is 2. The number of carbonyl (C=O) groups is 2. The van der Waals surface area contributed by atoms with Crippen molar-refractivity contribution in [3.63, 3.8) is 0 Å². The van der Waals surface area contributed by atoms with Crippen LogP contribution in [0.15, 0.2) is 36.4 Å². The Balaban J connectivity index is 1.68. The first-order valence-electron chi connectivity index (χ1n) is 10.2. The van der Waals surface area contributed by atoms with Crippen molar-refractivity contribution in [2.24, 2.45) is 0 Å². The van der Waals surface area contributed by atoms with Crippen molar-refractivity contribution in [3.8, 4) is 22.6 Å². The highest BCUT2D eigenvalue weighted by Crippen LogP contribution is 2.36. The largest absolute Gasteiger partial charge is 0.497 e. The molecule has 2 aromatic rings. The van der Waals surface area contributed by atoms with Gasteiger partial charge in [0.15, 0.2) is 0 Å². The van der Waals surface area contributed by atoms with Gasteiger partial charge in [-0.1, -0.05) is 6.07 Å². The van der Waals surface area contributed by atoms with Gasteiger partial charge in [-0.3, -0.25) is 9.59 Å². The van der Waals surface area contributed by atoms with Crippen LogP contribution in [0.1, 0.15) is 23.2 Å². The summed E-state index contributed by atoms with van der Waals surface area (Å²) in [6, 6.07) is 9.54. The highest BCUT2D eigenvalue weighted by Gasteiger charge is 2.40. The highest BCUT2D eigenvalue weighted by atomic mass is 32.2. The second-order valence-corrected chi connectivity index (χ2v) is 9.72. The third kappa shape index (κ3) is 4.28. The van der Waals surface area contributed by atoms with Crippen molar-refractivity contribution in [2.45, 2.75) is 24.9 Å². The van der Waals surface area contributed by atoms with Gasteiger partial charge in [-0.2, -0.15) is 0 Å². The lowest BCUT2D eigenvalue weighted by atomic mass is 9.96. The molecule has 1 saturated heterocycles. The Morgan fingerprint density at radius 2 is 1.84 bits per heavy atom. The molecule has 0 spiro atoms. The van der Waals surface area contributed by atoms with Gasteiger partial charge in [-0.15, -0.1) is 0 Å². The quantitative estimate of drug-likeness (QED) is 0.705. The van der Waals surface area contributed by atoms with Gasteiger partial charge < -0.3 is 19.7 Å². The second-order valence-electron chi connectivity index (χ2n) is 7.94. The smallest absolute Gasteiger partial charge is 0.256 e. The van der Waals surface area contributed by atoms with E-state index in [0.29, 0.717) is 29.2 Å². The van der Waals surface area contributed by atoms with E-state index in [1.165, 1.54) is 4.90 Å². The van der Waals surface area contributed by atoms with Crippen LogP contribution in [0, 0.1) is 0 Å². The van der Waals surface area contributed by atoms with E-state index >= 15 is 0 Å².